The Hall–Kier alpha value is -4.91. The van der Waals surface area contributed by atoms with Crippen molar-refractivity contribution in [2.45, 2.75) is 19.5 Å². The SMILES string of the molecule is C=C(F)/C=C\C=C(\F)CCn1c(=O)n(-c2ccc(OC)nn2)c(=O)c2c(CN(C)C)n(-c3ccc(N)cc3)nc21. The quantitative estimate of drug-likeness (QED) is 0.236. The summed E-state index contributed by atoms with van der Waals surface area (Å²) in [7, 11) is 5.07. The predicted molar refractivity (Wildman–Crippen MR) is 148 cm³/mol. The fourth-order valence-electron chi connectivity index (χ4n) is 4.04. The Balaban J connectivity index is 1.99. The summed E-state index contributed by atoms with van der Waals surface area (Å²) in [5, 5.41) is 12.7. The van der Waals surface area contributed by atoms with Gasteiger partial charge in [0, 0.05) is 31.3 Å². The van der Waals surface area contributed by atoms with Gasteiger partial charge in [0.25, 0.3) is 5.56 Å². The molecule has 13 heteroatoms. The molecule has 2 N–H and O–H groups in total. The van der Waals surface area contributed by atoms with Crippen LogP contribution in [0.15, 0.2) is 82.4 Å². The van der Waals surface area contributed by atoms with Crippen LogP contribution in [0.5, 0.6) is 5.88 Å². The first kappa shape index (κ1) is 28.1. The highest BCUT2D eigenvalue weighted by atomic mass is 19.1. The molecule has 0 bridgehead atoms. The van der Waals surface area contributed by atoms with Gasteiger partial charge >= 0.3 is 5.69 Å². The van der Waals surface area contributed by atoms with Crippen molar-refractivity contribution in [2.24, 2.45) is 0 Å². The highest BCUT2D eigenvalue weighted by Crippen LogP contribution is 2.22. The number of aromatic nitrogens is 6. The van der Waals surface area contributed by atoms with Crippen LogP contribution in [0.1, 0.15) is 12.1 Å². The van der Waals surface area contributed by atoms with Crippen LogP contribution < -0.4 is 21.7 Å². The maximum absolute atomic E-state index is 14.6. The molecule has 0 fully saturated rings. The molecule has 1 aromatic carbocycles. The normalized spacial score (nSPS) is 12.1. The van der Waals surface area contributed by atoms with E-state index in [0.29, 0.717) is 17.1 Å². The molecular weight excluding hydrogens is 522 g/mol. The van der Waals surface area contributed by atoms with Crippen LogP contribution in [0, 0.1) is 0 Å². The van der Waals surface area contributed by atoms with Crippen LogP contribution in [0.2, 0.25) is 0 Å². The number of anilines is 1. The number of nitrogens with zero attached hydrogens (tertiary/aromatic N) is 7. The molecule has 0 amide bonds. The van der Waals surface area contributed by atoms with E-state index in [1.807, 2.05) is 19.0 Å². The zero-order valence-electron chi connectivity index (χ0n) is 22.2. The molecule has 0 radical (unpaired) electrons. The molecule has 208 valence electrons. The number of aryl methyl sites for hydroxylation is 1. The molecule has 0 aliphatic carbocycles. The average molecular weight is 551 g/mol. The van der Waals surface area contributed by atoms with Gasteiger partial charge in [-0.15, -0.1) is 15.3 Å². The molecular formula is C27H28F2N8O3. The van der Waals surface area contributed by atoms with Gasteiger partial charge in [0.2, 0.25) is 5.88 Å². The van der Waals surface area contributed by atoms with Gasteiger partial charge in [0.15, 0.2) is 11.5 Å². The molecule has 40 heavy (non-hydrogen) atoms. The van der Waals surface area contributed by atoms with Gasteiger partial charge in [-0.25, -0.2) is 22.8 Å². The average Bonchev–Trinajstić information content (AvgIpc) is 3.27. The minimum atomic E-state index is -0.782. The van der Waals surface area contributed by atoms with Gasteiger partial charge in [-0.3, -0.25) is 9.36 Å². The summed E-state index contributed by atoms with van der Waals surface area (Å²) >= 11 is 0. The fourth-order valence-corrected chi connectivity index (χ4v) is 4.04. The maximum Gasteiger partial charge on any atom is 0.338 e. The number of fused-ring (bicyclic) bond motifs is 1. The van der Waals surface area contributed by atoms with Crippen LogP contribution in [-0.2, 0) is 13.1 Å². The second-order valence-electron chi connectivity index (χ2n) is 9.06. The maximum atomic E-state index is 14.6. The third-order valence-electron chi connectivity index (χ3n) is 5.85. The molecule has 0 spiro atoms. The zero-order chi connectivity index (χ0) is 29.0. The Bertz CT molecular complexity index is 1720. The standard InChI is InChI=1S/C27H28F2N8O3/c1-17(28)6-5-7-18(29)14-15-35-25-24(26(38)36(27(35)39)22-12-13-23(40-4)32-31-22)21(16-34(2)3)37(33-25)20-10-8-19(30)9-11-20/h5-13H,1,14-16,30H2,2-4H3/b6-5-,18-7+. The lowest BCUT2D eigenvalue weighted by Crippen LogP contribution is -2.39. The molecule has 0 saturated heterocycles. The lowest BCUT2D eigenvalue weighted by molar-refractivity contribution is 0.391. The number of nitrogen functional groups attached to an aromatic ring is 1. The Morgan fingerprint density at radius 3 is 2.45 bits per heavy atom. The topological polar surface area (TPSA) is 126 Å². The molecule has 4 aromatic rings. The third-order valence-corrected chi connectivity index (χ3v) is 5.85. The van der Waals surface area contributed by atoms with Crippen molar-refractivity contribution in [3.8, 4) is 17.4 Å². The summed E-state index contributed by atoms with van der Waals surface area (Å²) in [6.45, 7) is 3.20. The van der Waals surface area contributed by atoms with Crippen LogP contribution in [0.3, 0.4) is 0 Å². The van der Waals surface area contributed by atoms with Gasteiger partial charge in [-0.2, -0.15) is 0 Å². The van der Waals surface area contributed by atoms with Gasteiger partial charge in [-0.05, 0) is 56.6 Å². The highest BCUT2D eigenvalue weighted by Gasteiger charge is 2.24. The molecule has 4 rings (SSSR count). The van der Waals surface area contributed by atoms with Crippen LogP contribution in [-0.4, -0.2) is 55.2 Å². The first-order valence-corrected chi connectivity index (χ1v) is 12.1. The summed E-state index contributed by atoms with van der Waals surface area (Å²) in [4.78, 5) is 29.5. The van der Waals surface area contributed by atoms with E-state index in [2.05, 4.69) is 21.9 Å². The molecule has 3 aromatic heterocycles. The number of benzene rings is 1. The number of halogens is 2. The summed E-state index contributed by atoms with van der Waals surface area (Å²) in [6, 6.07) is 9.76. The second-order valence-corrected chi connectivity index (χ2v) is 9.06. The van der Waals surface area contributed by atoms with E-state index in [0.717, 1.165) is 16.7 Å². The Labute approximate surface area is 227 Å². The first-order valence-electron chi connectivity index (χ1n) is 12.1. The third kappa shape index (κ3) is 5.89. The van der Waals surface area contributed by atoms with Gasteiger partial charge in [0.05, 0.1) is 18.5 Å². The molecule has 0 unspecified atom stereocenters. The van der Waals surface area contributed by atoms with Crippen molar-refractivity contribution in [3.05, 3.63) is 99.4 Å². The highest BCUT2D eigenvalue weighted by molar-refractivity contribution is 5.79. The van der Waals surface area contributed by atoms with E-state index in [9.17, 15) is 18.4 Å². The van der Waals surface area contributed by atoms with Crippen LogP contribution >= 0.6 is 0 Å². The monoisotopic (exact) mass is 550 g/mol. The summed E-state index contributed by atoms with van der Waals surface area (Å²) in [6.07, 6.45) is 3.02. The number of nitrogens with two attached hydrogens (primary N) is 1. The summed E-state index contributed by atoms with van der Waals surface area (Å²) in [5.74, 6) is -1.19. The fraction of sp³-hybridized carbons (Fsp3) is 0.222. The number of hydrogen-bond acceptors (Lipinski definition) is 8. The number of methoxy groups -OCH3 is 1. The van der Waals surface area contributed by atoms with Crippen molar-refractivity contribution >= 4 is 16.7 Å². The number of allylic oxidation sites excluding steroid dienone is 5. The summed E-state index contributed by atoms with van der Waals surface area (Å²) in [5.41, 5.74) is 6.14. The number of hydrogen-bond donors (Lipinski definition) is 1. The number of rotatable bonds is 10. The number of ether oxygens (including phenoxy) is 1. The Morgan fingerprint density at radius 1 is 1.12 bits per heavy atom. The van der Waals surface area contributed by atoms with Crippen molar-refractivity contribution in [1.82, 2.24) is 34.0 Å². The first-order chi connectivity index (χ1) is 19.1. The molecule has 0 aliphatic heterocycles. The lowest BCUT2D eigenvalue weighted by atomic mass is 10.2. The van der Waals surface area contributed by atoms with Crippen molar-refractivity contribution in [1.29, 1.82) is 0 Å². The predicted octanol–water partition coefficient (Wildman–Crippen LogP) is 3.06. The molecule has 0 atom stereocenters. The van der Waals surface area contributed by atoms with Crippen molar-refractivity contribution in [3.63, 3.8) is 0 Å². The minimum absolute atomic E-state index is 0.0390. The van der Waals surface area contributed by atoms with Gasteiger partial charge in [0.1, 0.15) is 17.0 Å². The Kier molecular flexibility index (Phi) is 8.34. The smallest absolute Gasteiger partial charge is 0.338 e. The van der Waals surface area contributed by atoms with E-state index in [1.165, 1.54) is 29.9 Å². The lowest BCUT2D eigenvalue weighted by Gasteiger charge is -2.13. The largest absolute Gasteiger partial charge is 0.480 e. The molecule has 0 aliphatic rings. The van der Waals surface area contributed by atoms with Gasteiger partial charge in [-0.1, -0.05) is 12.7 Å². The molecule has 3 heterocycles. The summed E-state index contributed by atoms with van der Waals surface area (Å²) < 4.78 is 36.2. The van der Waals surface area contributed by atoms with E-state index >= 15 is 0 Å². The molecule has 11 nitrogen and oxygen atoms in total. The molecule has 0 saturated carbocycles. The zero-order valence-corrected chi connectivity index (χ0v) is 22.2. The minimum Gasteiger partial charge on any atom is -0.480 e. The van der Waals surface area contributed by atoms with Crippen molar-refractivity contribution < 1.29 is 13.5 Å². The van der Waals surface area contributed by atoms with Crippen LogP contribution in [0.25, 0.3) is 22.5 Å². The van der Waals surface area contributed by atoms with Crippen molar-refractivity contribution in [2.75, 3.05) is 26.9 Å². The second kappa shape index (κ2) is 11.9. The Morgan fingerprint density at radius 2 is 1.85 bits per heavy atom. The van der Waals surface area contributed by atoms with Gasteiger partial charge < -0.3 is 15.4 Å². The van der Waals surface area contributed by atoms with E-state index in [4.69, 9.17) is 10.5 Å². The van der Waals surface area contributed by atoms with E-state index < -0.39 is 22.9 Å². The van der Waals surface area contributed by atoms with E-state index in [1.54, 1.807) is 28.9 Å². The van der Waals surface area contributed by atoms with E-state index in [-0.39, 0.29) is 42.2 Å². The van der Waals surface area contributed by atoms with Crippen LogP contribution in [0.4, 0.5) is 14.5 Å².